The van der Waals surface area contributed by atoms with E-state index in [1.165, 1.54) is 0 Å². The second-order valence-electron chi connectivity index (χ2n) is 2.63. The van der Waals surface area contributed by atoms with Crippen molar-refractivity contribution in [2.45, 2.75) is 18.9 Å². The van der Waals surface area contributed by atoms with Gasteiger partial charge in [-0.05, 0) is 6.42 Å². The fourth-order valence-corrected chi connectivity index (χ4v) is 1.14. The Kier molecular flexibility index (Phi) is 2.38. The van der Waals surface area contributed by atoms with Gasteiger partial charge in [-0.25, -0.2) is 8.78 Å². The predicted octanol–water partition coefficient (Wildman–Crippen LogP) is 0.314. The zero-order valence-corrected chi connectivity index (χ0v) is 5.76. The molecular weight excluding hydrogens is 156 g/mol. The van der Waals surface area contributed by atoms with Gasteiger partial charge in [-0.1, -0.05) is 0 Å². The topological polar surface area (TPSA) is 49.3 Å². The number of carboxylic acids is 1. The van der Waals surface area contributed by atoms with Gasteiger partial charge in [-0.15, -0.1) is 0 Å². The molecule has 11 heavy (non-hydrogen) atoms. The van der Waals surface area contributed by atoms with Crippen LogP contribution in [-0.2, 0) is 4.79 Å². The molecule has 1 saturated heterocycles. The third-order valence-electron chi connectivity index (χ3n) is 1.82. The lowest BCUT2D eigenvalue weighted by Gasteiger charge is -2.04. The first-order chi connectivity index (χ1) is 5.11. The molecule has 1 aliphatic rings. The summed E-state index contributed by atoms with van der Waals surface area (Å²) in [5.74, 6) is -1.84. The number of hydrogen-bond donors (Lipinski definition) is 2. The molecule has 2 atom stereocenters. The molecular formula is C6H9F2NO2. The van der Waals surface area contributed by atoms with E-state index in [0.29, 0.717) is 0 Å². The van der Waals surface area contributed by atoms with Gasteiger partial charge in [0.2, 0.25) is 6.43 Å². The summed E-state index contributed by atoms with van der Waals surface area (Å²) in [6.45, 7) is 0.106. The van der Waals surface area contributed by atoms with Gasteiger partial charge in [0.25, 0.3) is 0 Å². The van der Waals surface area contributed by atoms with Crippen LogP contribution in [-0.4, -0.2) is 30.1 Å². The summed E-state index contributed by atoms with van der Waals surface area (Å²) in [5.41, 5.74) is 0. The number of carbonyl (C=O) groups is 1. The molecule has 0 unspecified atom stereocenters. The van der Waals surface area contributed by atoms with E-state index in [2.05, 4.69) is 5.32 Å². The van der Waals surface area contributed by atoms with Gasteiger partial charge in [-0.3, -0.25) is 4.79 Å². The normalized spacial score (nSPS) is 31.2. The average Bonchev–Trinajstić information content (AvgIpc) is 2.33. The number of rotatable bonds is 2. The molecule has 0 aromatic heterocycles. The Morgan fingerprint density at radius 1 is 1.64 bits per heavy atom. The molecule has 0 radical (unpaired) electrons. The minimum Gasteiger partial charge on any atom is -0.480 e. The first-order valence-electron chi connectivity index (χ1n) is 3.35. The van der Waals surface area contributed by atoms with E-state index in [1.807, 2.05) is 0 Å². The molecule has 0 saturated carbocycles. The van der Waals surface area contributed by atoms with Crippen molar-refractivity contribution in [3.8, 4) is 0 Å². The van der Waals surface area contributed by atoms with Gasteiger partial charge in [0, 0.05) is 12.5 Å². The van der Waals surface area contributed by atoms with E-state index < -0.39 is 24.4 Å². The second-order valence-corrected chi connectivity index (χ2v) is 2.63. The van der Waals surface area contributed by atoms with Crippen LogP contribution in [0.1, 0.15) is 6.42 Å². The minimum absolute atomic E-state index is 0.0347. The Hall–Kier alpha value is -0.710. The Morgan fingerprint density at radius 2 is 2.27 bits per heavy atom. The highest BCUT2D eigenvalue weighted by Gasteiger charge is 2.34. The lowest BCUT2D eigenvalue weighted by Crippen LogP contribution is -2.29. The summed E-state index contributed by atoms with van der Waals surface area (Å²) in [7, 11) is 0. The molecule has 3 nitrogen and oxygen atoms in total. The SMILES string of the molecule is O=C(O)[C@@H]1C[C@@H](C(F)F)CN1. The molecule has 0 aliphatic carbocycles. The number of carboxylic acid groups (broad SMARTS) is 1. The van der Waals surface area contributed by atoms with E-state index in [0.717, 1.165) is 0 Å². The molecule has 1 rings (SSSR count). The van der Waals surface area contributed by atoms with Gasteiger partial charge in [-0.2, -0.15) is 0 Å². The van der Waals surface area contributed by atoms with Crippen LogP contribution in [0.4, 0.5) is 8.78 Å². The van der Waals surface area contributed by atoms with Crippen LogP contribution in [0.15, 0.2) is 0 Å². The average molecular weight is 165 g/mol. The summed E-state index contributed by atoms with van der Waals surface area (Å²) < 4.78 is 23.9. The lowest BCUT2D eigenvalue weighted by atomic mass is 10.1. The molecule has 1 heterocycles. The summed E-state index contributed by atoms with van der Waals surface area (Å²) in [6, 6.07) is -0.783. The highest BCUT2D eigenvalue weighted by Crippen LogP contribution is 2.20. The summed E-state index contributed by atoms with van der Waals surface area (Å²) in [5, 5.41) is 10.9. The van der Waals surface area contributed by atoms with Crippen molar-refractivity contribution in [3.05, 3.63) is 0 Å². The van der Waals surface area contributed by atoms with Gasteiger partial charge >= 0.3 is 5.97 Å². The zero-order chi connectivity index (χ0) is 8.43. The Bertz CT molecular complexity index is 163. The van der Waals surface area contributed by atoms with E-state index in [1.54, 1.807) is 0 Å². The summed E-state index contributed by atoms with van der Waals surface area (Å²) in [6.07, 6.45) is -2.38. The fraction of sp³-hybridized carbons (Fsp3) is 0.833. The van der Waals surface area contributed by atoms with Crippen LogP contribution in [0.25, 0.3) is 0 Å². The van der Waals surface area contributed by atoms with Gasteiger partial charge in [0.05, 0.1) is 0 Å². The molecule has 0 bridgehead atoms. The van der Waals surface area contributed by atoms with Crippen LogP contribution in [0.5, 0.6) is 0 Å². The Morgan fingerprint density at radius 3 is 2.55 bits per heavy atom. The molecule has 1 aliphatic heterocycles. The maximum Gasteiger partial charge on any atom is 0.320 e. The van der Waals surface area contributed by atoms with Crippen molar-refractivity contribution in [2.75, 3.05) is 6.54 Å². The predicted molar refractivity (Wildman–Crippen MR) is 33.5 cm³/mol. The van der Waals surface area contributed by atoms with Crippen molar-refractivity contribution in [1.82, 2.24) is 5.32 Å². The molecule has 0 amide bonds. The first kappa shape index (κ1) is 8.39. The maximum atomic E-state index is 11.9. The first-order valence-corrected chi connectivity index (χ1v) is 3.35. The molecule has 5 heteroatoms. The van der Waals surface area contributed by atoms with Crippen molar-refractivity contribution in [1.29, 1.82) is 0 Å². The van der Waals surface area contributed by atoms with E-state index in [-0.39, 0.29) is 13.0 Å². The Labute approximate surface area is 62.4 Å². The summed E-state index contributed by atoms with van der Waals surface area (Å²) in [4.78, 5) is 10.3. The number of nitrogens with one attached hydrogen (secondary N) is 1. The summed E-state index contributed by atoms with van der Waals surface area (Å²) >= 11 is 0. The minimum atomic E-state index is -2.41. The van der Waals surface area contributed by atoms with Crippen LogP contribution in [0.3, 0.4) is 0 Å². The van der Waals surface area contributed by atoms with E-state index >= 15 is 0 Å². The lowest BCUT2D eigenvalue weighted by molar-refractivity contribution is -0.139. The monoisotopic (exact) mass is 165 g/mol. The fourth-order valence-electron chi connectivity index (χ4n) is 1.14. The third-order valence-corrected chi connectivity index (χ3v) is 1.82. The molecule has 0 aromatic rings. The Balaban J connectivity index is 2.41. The highest BCUT2D eigenvalue weighted by molar-refractivity contribution is 5.73. The molecule has 1 fully saturated rings. The largest absolute Gasteiger partial charge is 0.480 e. The standard InChI is InChI=1S/C6H9F2NO2/c7-5(8)3-1-4(6(10)11)9-2-3/h3-5,9H,1-2H2,(H,10,11)/t3-,4+/m1/s1. The zero-order valence-electron chi connectivity index (χ0n) is 5.76. The van der Waals surface area contributed by atoms with Crippen molar-refractivity contribution in [2.24, 2.45) is 5.92 Å². The van der Waals surface area contributed by atoms with E-state index in [9.17, 15) is 13.6 Å². The van der Waals surface area contributed by atoms with Crippen LogP contribution < -0.4 is 5.32 Å². The number of aliphatic carboxylic acids is 1. The molecule has 0 aromatic carbocycles. The van der Waals surface area contributed by atoms with Crippen molar-refractivity contribution < 1.29 is 18.7 Å². The second kappa shape index (κ2) is 3.13. The molecule has 2 N–H and O–H groups in total. The van der Waals surface area contributed by atoms with Crippen molar-refractivity contribution in [3.63, 3.8) is 0 Å². The third kappa shape index (κ3) is 1.86. The molecule has 64 valence electrons. The number of alkyl halides is 2. The number of halogens is 2. The van der Waals surface area contributed by atoms with Crippen LogP contribution in [0, 0.1) is 5.92 Å². The van der Waals surface area contributed by atoms with Gasteiger partial charge in [0.15, 0.2) is 0 Å². The molecule has 0 spiro atoms. The smallest absolute Gasteiger partial charge is 0.320 e. The maximum absolute atomic E-state index is 11.9. The van der Waals surface area contributed by atoms with Gasteiger partial charge in [0.1, 0.15) is 6.04 Å². The van der Waals surface area contributed by atoms with E-state index in [4.69, 9.17) is 5.11 Å². The van der Waals surface area contributed by atoms with Crippen LogP contribution >= 0.6 is 0 Å². The van der Waals surface area contributed by atoms with Crippen LogP contribution in [0.2, 0.25) is 0 Å². The quantitative estimate of drug-likeness (QED) is 0.619. The highest BCUT2D eigenvalue weighted by atomic mass is 19.3. The van der Waals surface area contributed by atoms with Crippen molar-refractivity contribution >= 4 is 5.97 Å². The number of hydrogen-bond acceptors (Lipinski definition) is 2. The van der Waals surface area contributed by atoms with Gasteiger partial charge < -0.3 is 10.4 Å².